The molecular formula is C22H35N5O2. The Morgan fingerprint density at radius 1 is 1.03 bits per heavy atom. The minimum absolute atomic E-state index is 0.614. The number of hydrogen-bond donors (Lipinski definition) is 1. The first-order valence-electron chi connectivity index (χ1n) is 11.1. The summed E-state index contributed by atoms with van der Waals surface area (Å²) in [6.07, 6.45) is 1.20. The Balaban J connectivity index is 1.43. The summed E-state index contributed by atoms with van der Waals surface area (Å²) in [7, 11) is 0. The molecule has 160 valence electrons. The van der Waals surface area contributed by atoms with Crippen molar-refractivity contribution >= 4 is 11.6 Å². The molecule has 3 aliphatic heterocycles. The normalized spacial score (nSPS) is 24.2. The summed E-state index contributed by atoms with van der Waals surface area (Å²) >= 11 is 0. The van der Waals surface area contributed by atoms with Crippen LogP contribution in [0, 0.1) is 0 Å². The Bertz CT molecular complexity index is 671. The Labute approximate surface area is 174 Å². The number of nitrogens with one attached hydrogen (secondary N) is 1. The molecule has 7 nitrogen and oxygen atoms in total. The molecule has 7 heteroatoms. The zero-order chi connectivity index (χ0) is 19.9. The smallest absolute Gasteiger partial charge is 0.194 e. The van der Waals surface area contributed by atoms with E-state index in [2.05, 4.69) is 51.2 Å². The average Bonchev–Trinajstić information content (AvgIpc) is 3.28. The predicted octanol–water partition coefficient (Wildman–Crippen LogP) is 1.40. The van der Waals surface area contributed by atoms with Gasteiger partial charge in [0.1, 0.15) is 0 Å². The first-order chi connectivity index (χ1) is 14.3. The average molecular weight is 402 g/mol. The molecule has 0 radical (unpaired) electrons. The van der Waals surface area contributed by atoms with Crippen LogP contribution in [-0.4, -0.2) is 94.0 Å². The molecule has 0 saturated carbocycles. The second kappa shape index (κ2) is 10.3. The van der Waals surface area contributed by atoms with Gasteiger partial charge in [-0.1, -0.05) is 18.2 Å². The molecule has 1 aromatic carbocycles. The number of benzene rings is 1. The van der Waals surface area contributed by atoms with Crippen LogP contribution in [0.25, 0.3) is 0 Å². The molecule has 1 atom stereocenters. The van der Waals surface area contributed by atoms with Crippen molar-refractivity contribution in [3.8, 4) is 0 Å². The third kappa shape index (κ3) is 5.21. The first kappa shape index (κ1) is 20.4. The van der Waals surface area contributed by atoms with Crippen molar-refractivity contribution < 1.29 is 9.47 Å². The number of likely N-dealkylation sites (tertiary alicyclic amines) is 1. The van der Waals surface area contributed by atoms with E-state index in [0.717, 1.165) is 78.2 Å². The summed E-state index contributed by atoms with van der Waals surface area (Å²) in [6, 6.07) is 9.28. The monoisotopic (exact) mass is 401 g/mol. The summed E-state index contributed by atoms with van der Waals surface area (Å²) in [5.74, 6) is 1.04. The Morgan fingerprint density at radius 2 is 1.76 bits per heavy atom. The SMILES string of the molecule is CCNC(=NCc1ccccc1N1CCOCC1)N1CCC(N2CCOCC2)C1. The molecule has 0 aliphatic carbocycles. The van der Waals surface area contributed by atoms with Crippen LogP contribution in [0.4, 0.5) is 5.69 Å². The van der Waals surface area contributed by atoms with Crippen LogP contribution in [-0.2, 0) is 16.0 Å². The van der Waals surface area contributed by atoms with E-state index < -0.39 is 0 Å². The van der Waals surface area contributed by atoms with Crippen molar-refractivity contribution in [2.45, 2.75) is 25.9 Å². The lowest BCUT2D eigenvalue weighted by Crippen LogP contribution is -2.46. The van der Waals surface area contributed by atoms with Gasteiger partial charge in [-0.25, -0.2) is 4.99 Å². The highest BCUT2D eigenvalue weighted by atomic mass is 16.5. The topological polar surface area (TPSA) is 52.6 Å². The molecule has 0 bridgehead atoms. The summed E-state index contributed by atoms with van der Waals surface area (Å²) in [5.41, 5.74) is 2.58. The Morgan fingerprint density at radius 3 is 2.52 bits per heavy atom. The van der Waals surface area contributed by atoms with Crippen molar-refractivity contribution in [2.75, 3.05) is 77.1 Å². The van der Waals surface area contributed by atoms with Crippen LogP contribution in [0.1, 0.15) is 18.9 Å². The van der Waals surface area contributed by atoms with Crippen LogP contribution in [0.15, 0.2) is 29.3 Å². The second-order valence-corrected chi connectivity index (χ2v) is 7.94. The van der Waals surface area contributed by atoms with Crippen molar-refractivity contribution in [1.82, 2.24) is 15.1 Å². The number of nitrogens with zero attached hydrogens (tertiary/aromatic N) is 4. The van der Waals surface area contributed by atoms with E-state index in [9.17, 15) is 0 Å². The zero-order valence-electron chi connectivity index (χ0n) is 17.7. The van der Waals surface area contributed by atoms with E-state index >= 15 is 0 Å². The number of aliphatic imine (C=N–C) groups is 1. The van der Waals surface area contributed by atoms with Crippen LogP contribution < -0.4 is 10.2 Å². The van der Waals surface area contributed by atoms with E-state index in [4.69, 9.17) is 14.5 Å². The minimum Gasteiger partial charge on any atom is -0.379 e. The van der Waals surface area contributed by atoms with Crippen molar-refractivity contribution in [3.63, 3.8) is 0 Å². The number of morpholine rings is 2. The number of anilines is 1. The number of hydrogen-bond acceptors (Lipinski definition) is 5. The lowest BCUT2D eigenvalue weighted by molar-refractivity contribution is 0.0195. The van der Waals surface area contributed by atoms with Gasteiger partial charge in [0.05, 0.1) is 33.0 Å². The number of rotatable bonds is 5. The van der Waals surface area contributed by atoms with Crippen molar-refractivity contribution in [2.24, 2.45) is 4.99 Å². The molecule has 3 heterocycles. The third-order valence-electron chi connectivity index (χ3n) is 6.10. The maximum atomic E-state index is 5.52. The van der Waals surface area contributed by atoms with Gasteiger partial charge in [0.2, 0.25) is 0 Å². The van der Waals surface area contributed by atoms with Gasteiger partial charge in [-0.2, -0.15) is 0 Å². The standard InChI is InChI=1S/C22H35N5O2/c1-2-23-22(27-8-7-20(18-27)25-9-13-28-14-10-25)24-17-19-5-3-4-6-21(19)26-11-15-29-16-12-26/h3-6,20H,2,7-18H2,1H3,(H,23,24). The molecule has 1 aromatic rings. The van der Waals surface area contributed by atoms with Crippen molar-refractivity contribution in [1.29, 1.82) is 0 Å². The van der Waals surface area contributed by atoms with Crippen LogP contribution in [0.5, 0.6) is 0 Å². The van der Waals surface area contributed by atoms with Gasteiger partial charge in [-0.05, 0) is 25.0 Å². The highest BCUT2D eigenvalue weighted by Gasteiger charge is 2.30. The summed E-state index contributed by atoms with van der Waals surface area (Å²) in [5, 5.41) is 3.52. The molecule has 0 amide bonds. The van der Waals surface area contributed by atoms with Gasteiger partial charge in [0.25, 0.3) is 0 Å². The quantitative estimate of drug-likeness (QED) is 0.595. The molecular weight excluding hydrogens is 366 g/mol. The number of ether oxygens (including phenoxy) is 2. The third-order valence-corrected chi connectivity index (χ3v) is 6.10. The highest BCUT2D eigenvalue weighted by molar-refractivity contribution is 5.80. The van der Waals surface area contributed by atoms with Gasteiger partial charge >= 0.3 is 0 Å². The molecule has 3 aliphatic rings. The molecule has 0 aromatic heterocycles. The molecule has 1 unspecified atom stereocenters. The Kier molecular flexibility index (Phi) is 7.24. The van der Waals surface area contributed by atoms with E-state index in [1.807, 2.05) is 0 Å². The van der Waals surface area contributed by atoms with Gasteiger partial charge in [-0.3, -0.25) is 4.90 Å². The maximum Gasteiger partial charge on any atom is 0.194 e. The number of para-hydroxylation sites is 1. The van der Waals surface area contributed by atoms with Gasteiger partial charge < -0.3 is 24.6 Å². The molecule has 1 N–H and O–H groups in total. The molecule has 4 rings (SSSR count). The fraction of sp³-hybridized carbons (Fsp3) is 0.682. The van der Waals surface area contributed by atoms with E-state index in [0.29, 0.717) is 12.6 Å². The predicted molar refractivity (Wildman–Crippen MR) is 117 cm³/mol. The van der Waals surface area contributed by atoms with E-state index in [1.54, 1.807) is 0 Å². The number of guanidine groups is 1. The van der Waals surface area contributed by atoms with Crippen LogP contribution in [0.2, 0.25) is 0 Å². The molecule has 29 heavy (non-hydrogen) atoms. The van der Waals surface area contributed by atoms with E-state index in [1.165, 1.54) is 17.7 Å². The zero-order valence-corrected chi connectivity index (χ0v) is 17.7. The van der Waals surface area contributed by atoms with E-state index in [-0.39, 0.29) is 0 Å². The Hall–Kier alpha value is -1.83. The largest absolute Gasteiger partial charge is 0.379 e. The van der Waals surface area contributed by atoms with Gasteiger partial charge in [-0.15, -0.1) is 0 Å². The fourth-order valence-corrected chi connectivity index (χ4v) is 4.52. The van der Waals surface area contributed by atoms with Gasteiger partial charge in [0, 0.05) is 57.5 Å². The maximum absolute atomic E-state index is 5.52. The summed E-state index contributed by atoms with van der Waals surface area (Å²) in [4.78, 5) is 12.5. The molecule has 0 spiro atoms. The van der Waals surface area contributed by atoms with Gasteiger partial charge in [0.15, 0.2) is 5.96 Å². The molecule has 3 fully saturated rings. The first-order valence-corrected chi connectivity index (χ1v) is 11.1. The lowest BCUT2D eigenvalue weighted by atomic mass is 10.1. The lowest BCUT2D eigenvalue weighted by Gasteiger charge is -2.32. The molecule has 3 saturated heterocycles. The fourth-order valence-electron chi connectivity index (χ4n) is 4.52. The minimum atomic E-state index is 0.614. The second-order valence-electron chi connectivity index (χ2n) is 7.94. The summed E-state index contributed by atoms with van der Waals surface area (Å²) in [6.45, 7) is 13.2. The summed E-state index contributed by atoms with van der Waals surface area (Å²) < 4.78 is 11.0. The van der Waals surface area contributed by atoms with Crippen LogP contribution in [0.3, 0.4) is 0 Å². The highest BCUT2D eigenvalue weighted by Crippen LogP contribution is 2.23. The van der Waals surface area contributed by atoms with Crippen molar-refractivity contribution in [3.05, 3.63) is 29.8 Å². The van der Waals surface area contributed by atoms with Crippen LogP contribution >= 0.6 is 0 Å².